The second-order valence-electron chi connectivity index (χ2n) is 5.57. The first-order valence-electron chi connectivity index (χ1n) is 7.02. The molecule has 0 amide bonds. The monoisotopic (exact) mass is 264 g/mol. The summed E-state index contributed by atoms with van der Waals surface area (Å²) < 4.78 is 5.41. The molecule has 0 spiro atoms. The third-order valence-corrected chi connectivity index (χ3v) is 4.59. The van der Waals surface area contributed by atoms with Crippen LogP contribution in [0.25, 0.3) is 0 Å². The number of benzene rings is 2. The summed E-state index contributed by atoms with van der Waals surface area (Å²) in [6.07, 6.45) is 3.80. The molecular formula is C18H16O2. The van der Waals surface area contributed by atoms with Gasteiger partial charge < -0.3 is 9.84 Å². The number of ether oxygens (including phenoxy) is 1. The number of rotatable bonds is 2. The maximum absolute atomic E-state index is 9.75. The molecule has 0 aliphatic heterocycles. The smallest absolute Gasteiger partial charge is 0.126 e. The maximum atomic E-state index is 9.75. The molecule has 2 atom stereocenters. The van der Waals surface area contributed by atoms with Crippen molar-refractivity contribution >= 4 is 0 Å². The first-order valence-corrected chi connectivity index (χ1v) is 7.02. The van der Waals surface area contributed by atoms with Crippen LogP contribution < -0.4 is 4.74 Å². The van der Waals surface area contributed by atoms with Crippen LogP contribution >= 0.6 is 0 Å². The first-order chi connectivity index (χ1) is 9.78. The van der Waals surface area contributed by atoms with Gasteiger partial charge in [0.05, 0.1) is 6.26 Å². The highest BCUT2D eigenvalue weighted by atomic mass is 16.5. The van der Waals surface area contributed by atoms with Crippen LogP contribution in [0.5, 0.6) is 11.5 Å². The van der Waals surface area contributed by atoms with Gasteiger partial charge in [-0.25, -0.2) is 0 Å². The normalized spacial score (nSPS) is 22.0. The van der Waals surface area contributed by atoms with Crippen molar-refractivity contribution in [2.75, 3.05) is 0 Å². The molecule has 2 heteroatoms. The molecule has 5 rings (SSSR count). The summed E-state index contributed by atoms with van der Waals surface area (Å²) >= 11 is 0. The maximum Gasteiger partial charge on any atom is 0.126 e. The van der Waals surface area contributed by atoms with Crippen LogP contribution in [0.2, 0.25) is 0 Å². The van der Waals surface area contributed by atoms with Gasteiger partial charge in [0.1, 0.15) is 11.5 Å². The molecule has 3 aliphatic carbocycles. The zero-order valence-corrected chi connectivity index (χ0v) is 11.2. The van der Waals surface area contributed by atoms with Gasteiger partial charge in [0.25, 0.3) is 0 Å². The Hall–Kier alpha value is -2.22. The van der Waals surface area contributed by atoms with E-state index in [4.69, 9.17) is 4.74 Å². The molecule has 0 radical (unpaired) electrons. The number of phenolic OH excluding ortho intramolecular Hbond substituents is 1. The highest BCUT2D eigenvalue weighted by Crippen LogP contribution is 2.53. The van der Waals surface area contributed by atoms with Crippen LogP contribution in [0, 0.1) is 0 Å². The Bertz CT molecular complexity index is 703. The number of hydrogen-bond donors (Lipinski definition) is 1. The van der Waals surface area contributed by atoms with E-state index >= 15 is 0 Å². The Balaban J connectivity index is 1.89. The van der Waals surface area contributed by atoms with Crippen LogP contribution in [0.4, 0.5) is 0 Å². The molecule has 2 aromatic carbocycles. The number of phenols is 1. The fraction of sp³-hybridized carbons (Fsp3) is 0.222. The summed E-state index contributed by atoms with van der Waals surface area (Å²) in [4.78, 5) is 0. The van der Waals surface area contributed by atoms with Gasteiger partial charge in [0, 0.05) is 11.8 Å². The number of hydrogen-bond acceptors (Lipinski definition) is 2. The molecule has 2 aromatic rings. The topological polar surface area (TPSA) is 29.5 Å². The van der Waals surface area contributed by atoms with Crippen LogP contribution in [0.1, 0.15) is 46.9 Å². The fourth-order valence-corrected chi connectivity index (χ4v) is 3.81. The van der Waals surface area contributed by atoms with Gasteiger partial charge in [-0.05, 0) is 59.4 Å². The molecule has 1 N–H and O–H groups in total. The molecule has 2 nitrogen and oxygen atoms in total. The summed E-state index contributed by atoms with van der Waals surface area (Å²) in [7, 11) is 0. The number of fused-ring (bicyclic) bond motifs is 1. The average Bonchev–Trinajstić information content (AvgIpc) is 2.47. The van der Waals surface area contributed by atoms with E-state index in [1.807, 2.05) is 12.1 Å². The molecule has 0 heterocycles. The van der Waals surface area contributed by atoms with E-state index in [0.29, 0.717) is 17.6 Å². The van der Waals surface area contributed by atoms with Gasteiger partial charge in [-0.2, -0.15) is 0 Å². The highest BCUT2D eigenvalue weighted by molar-refractivity contribution is 5.58. The quantitative estimate of drug-likeness (QED) is 0.820. The lowest BCUT2D eigenvalue weighted by molar-refractivity contribution is 0.463. The van der Waals surface area contributed by atoms with Gasteiger partial charge in [-0.1, -0.05) is 18.7 Å². The standard InChI is InChI=1S/C18H16O2/c1-2-20-12-4-6-14-15-7-8-16(18(14)10-12)13-5-3-11(19)9-17(13)15/h2-6,9-10,15-16,19H,1,7-8H2. The molecule has 2 bridgehead atoms. The zero-order chi connectivity index (χ0) is 13.7. The summed E-state index contributed by atoms with van der Waals surface area (Å²) in [6, 6.07) is 12.1. The van der Waals surface area contributed by atoms with E-state index in [0.717, 1.165) is 12.2 Å². The lowest BCUT2D eigenvalue weighted by Crippen LogP contribution is -2.24. The SMILES string of the molecule is C=COc1ccc2c(c1)C1CCC2c2cc(O)ccc21. The van der Waals surface area contributed by atoms with Gasteiger partial charge in [0.2, 0.25) is 0 Å². The van der Waals surface area contributed by atoms with E-state index in [1.165, 1.54) is 34.9 Å². The van der Waals surface area contributed by atoms with E-state index < -0.39 is 0 Å². The van der Waals surface area contributed by atoms with Crippen molar-refractivity contribution in [3.8, 4) is 11.5 Å². The van der Waals surface area contributed by atoms with E-state index in [9.17, 15) is 5.11 Å². The lowest BCUT2D eigenvalue weighted by atomic mass is 9.64. The Kier molecular flexibility index (Phi) is 2.40. The van der Waals surface area contributed by atoms with Gasteiger partial charge >= 0.3 is 0 Å². The molecule has 100 valence electrons. The second-order valence-corrected chi connectivity index (χ2v) is 5.57. The molecule has 20 heavy (non-hydrogen) atoms. The Morgan fingerprint density at radius 1 is 0.950 bits per heavy atom. The predicted octanol–water partition coefficient (Wildman–Crippen LogP) is 4.29. The Labute approximate surface area is 118 Å². The molecule has 2 unspecified atom stereocenters. The van der Waals surface area contributed by atoms with Crippen LogP contribution in [-0.2, 0) is 0 Å². The van der Waals surface area contributed by atoms with Gasteiger partial charge in [0.15, 0.2) is 0 Å². The van der Waals surface area contributed by atoms with Crippen molar-refractivity contribution in [1.82, 2.24) is 0 Å². The Morgan fingerprint density at radius 3 is 2.30 bits per heavy atom. The van der Waals surface area contributed by atoms with Crippen LogP contribution in [0.15, 0.2) is 49.2 Å². The third kappa shape index (κ3) is 1.51. The number of aromatic hydroxyl groups is 1. The zero-order valence-electron chi connectivity index (χ0n) is 11.2. The van der Waals surface area contributed by atoms with Crippen molar-refractivity contribution in [3.63, 3.8) is 0 Å². The summed E-state index contributed by atoms with van der Waals surface area (Å²) in [5, 5.41) is 9.75. The predicted molar refractivity (Wildman–Crippen MR) is 78.3 cm³/mol. The van der Waals surface area contributed by atoms with Crippen molar-refractivity contribution < 1.29 is 9.84 Å². The van der Waals surface area contributed by atoms with E-state index in [1.54, 1.807) is 6.07 Å². The van der Waals surface area contributed by atoms with Crippen LogP contribution in [-0.4, -0.2) is 5.11 Å². The van der Waals surface area contributed by atoms with Gasteiger partial charge in [-0.15, -0.1) is 0 Å². The largest absolute Gasteiger partial charge is 0.508 e. The third-order valence-electron chi connectivity index (χ3n) is 4.59. The van der Waals surface area contributed by atoms with Crippen molar-refractivity contribution in [1.29, 1.82) is 0 Å². The molecule has 0 aromatic heterocycles. The molecule has 0 fully saturated rings. The Morgan fingerprint density at radius 2 is 1.60 bits per heavy atom. The minimum atomic E-state index is 0.365. The van der Waals surface area contributed by atoms with Crippen molar-refractivity contribution in [2.24, 2.45) is 0 Å². The van der Waals surface area contributed by atoms with E-state index in [2.05, 4.69) is 24.8 Å². The van der Waals surface area contributed by atoms with Gasteiger partial charge in [-0.3, -0.25) is 0 Å². The van der Waals surface area contributed by atoms with Crippen molar-refractivity contribution in [3.05, 3.63) is 71.5 Å². The average molecular weight is 264 g/mol. The summed E-state index contributed by atoms with van der Waals surface area (Å²) in [5.74, 6) is 2.06. The minimum absolute atomic E-state index is 0.365. The minimum Gasteiger partial charge on any atom is -0.508 e. The van der Waals surface area contributed by atoms with E-state index in [-0.39, 0.29) is 0 Å². The fourth-order valence-electron chi connectivity index (χ4n) is 3.81. The molecule has 3 aliphatic rings. The van der Waals surface area contributed by atoms with Crippen molar-refractivity contribution in [2.45, 2.75) is 24.7 Å². The lowest BCUT2D eigenvalue weighted by Gasteiger charge is -2.40. The highest BCUT2D eigenvalue weighted by Gasteiger charge is 2.37. The van der Waals surface area contributed by atoms with Crippen LogP contribution in [0.3, 0.4) is 0 Å². The summed E-state index contributed by atoms with van der Waals surface area (Å²) in [5.41, 5.74) is 5.42. The molecule has 0 saturated heterocycles. The molecule has 0 saturated carbocycles. The molecular weight excluding hydrogens is 248 g/mol. The second kappa shape index (κ2) is 4.14. The summed E-state index contributed by atoms with van der Waals surface area (Å²) in [6.45, 7) is 3.61. The first kappa shape index (κ1) is 11.6.